The van der Waals surface area contributed by atoms with Crippen LogP contribution in [0.2, 0.25) is 0 Å². The molecule has 122 valence electrons. The van der Waals surface area contributed by atoms with Gasteiger partial charge in [0.15, 0.2) is 5.17 Å². The summed E-state index contributed by atoms with van der Waals surface area (Å²) in [6, 6.07) is 11.1. The summed E-state index contributed by atoms with van der Waals surface area (Å²) in [6.45, 7) is 0. The number of hydrogen-bond acceptors (Lipinski definition) is 5. The van der Waals surface area contributed by atoms with Crippen LogP contribution < -0.4 is 10.3 Å². The van der Waals surface area contributed by atoms with Gasteiger partial charge in [-0.1, -0.05) is 11.8 Å². The molecule has 1 fully saturated rings. The van der Waals surface area contributed by atoms with Crippen LogP contribution in [-0.4, -0.2) is 27.8 Å². The van der Waals surface area contributed by atoms with E-state index in [2.05, 4.69) is 10.5 Å². The Morgan fingerprint density at radius 3 is 2.50 bits per heavy atom. The Hall–Kier alpha value is -2.87. The van der Waals surface area contributed by atoms with Crippen molar-refractivity contribution in [2.45, 2.75) is 0 Å². The van der Waals surface area contributed by atoms with E-state index in [-0.39, 0.29) is 17.4 Å². The number of hydrazone groups is 1. The minimum absolute atomic E-state index is 0.0530. The van der Waals surface area contributed by atoms with Crippen molar-refractivity contribution < 1.29 is 19.1 Å². The Morgan fingerprint density at radius 1 is 1.17 bits per heavy atom. The average molecular weight is 345 g/mol. The molecule has 0 saturated carbocycles. The number of carbonyl (C=O) groups excluding carboxylic acids is 2. The Labute approximate surface area is 141 Å². The lowest BCUT2D eigenvalue weighted by molar-refractivity contribution is -0.115. The summed E-state index contributed by atoms with van der Waals surface area (Å²) in [5, 5.41) is 13.5. The van der Waals surface area contributed by atoms with Gasteiger partial charge >= 0.3 is 0 Å². The average Bonchev–Trinajstić information content (AvgIpc) is 2.95. The molecule has 6 nitrogen and oxygen atoms in total. The highest BCUT2D eigenvalue weighted by Crippen LogP contribution is 2.26. The fourth-order valence-corrected chi connectivity index (χ4v) is 2.89. The molecule has 8 heteroatoms. The first kappa shape index (κ1) is 16.0. The van der Waals surface area contributed by atoms with E-state index in [4.69, 9.17) is 0 Å². The first-order valence-corrected chi connectivity index (χ1v) is 7.91. The molecule has 2 aromatic carbocycles. The molecule has 0 spiro atoms. The number of benzene rings is 2. The lowest BCUT2D eigenvalue weighted by Gasteiger charge is -2.15. The SMILES string of the molecule is O=C(N/N=C1/SCC(=O)N1c1ccc(F)cc1)c1ccc(O)cc1. The monoisotopic (exact) mass is 345 g/mol. The predicted molar refractivity (Wildman–Crippen MR) is 89.4 cm³/mol. The molecule has 3 rings (SSSR count). The maximum absolute atomic E-state index is 13.0. The molecular weight excluding hydrogens is 333 g/mol. The lowest BCUT2D eigenvalue weighted by Crippen LogP contribution is -2.31. The number of amidine groups is 1. The Balaban J connectivity index is 1.78. The molecule has 1 heterocycles. The largest absolute Gasteiger partial charge is 0.508 e. The number of hydrogen-bond donors (Lipinski definition) is 2. The van der Waals surface area contributed by atoms with E-state index in [0.717, 1.165) is 0 Å². The van der Waals surface area contributed by atoms with E-state index in [1.807, 2.05) is 0 Å². The molecule has 2 N–H and O–H groups in total. The van der Waals surface area contributed by atoms with E-state index in [0.29, 0.717) is 16.4 Å². The minimum atomic E-state index is -0.471. The molecule has 0 aliphatic carbocycles. The third-order valence-electron chi connectivity index (χ3n) is 3.23. The van der Waals surface area contributed by atoms with Crippen molar-refractivity contribution >= 4 is 34.4 Å². The van der Waals surface area contributed by atoms with Gasteiger partial charge in [0.1, 0.15) is 11.6 Å². The van der Waals surface area contributed by atoms with Crippen LogP contribution in [0.25, 0.3) is 0 Å². The second-order valence-electron chi connectivity index (χ2n) is 4.88. The Kier molecular flexibility index (Phi) is 4.48. The summed E-state index contributed by atoms with van der Waals surface area (Å²) in [6.07, 6.45) is 0. The number of thioether (sulfide) groups is 1. The zero-order chi connectivity index (χ0) is 17.1. The van der Waals surface area contributed by atoms with Gasteiger partial charge in [-0.25, -0.2) is 9.82 Å². The summed E-state index contributed by atoms with van der Waals surface area (Å²) < 4.78 is 13.0. The molecule has 2 amide bonds. The number of halogens is 1. The van der Waals surface area contributed by atoms with Gasteiger partial charge in [0, 0.05) is 5.56 Å². The summed E-state index contributed by atoms with van der Waals surface area (Å²) in [7, 11) is 0. The molecule has 2 aromatic rings. The molecule has 0 radical (unpaired) electrons. The lowest BCUT2D eigenvalue weighted by atomic mass is 10.2. The van der Waals surface area contributed by atoms with Gasteiger partial charge in [-0.2, -0.15) is 0 Å². The zero-order valence-electron chi connectivity index (χ0n) is 12.3. The Bertz CT molecular complexity index is 806. The topological polar surface area (TPSA) is 82.0 Å². The van der Waals surface area contributed by atoms with Crippen molar-refractivity contribution in [2.24, 2.45) is 5.10 Å². The Morgan fingerprint density at radius 2 is 1.83 bits per heavy atom. The predicted octanol–water partition coefficient (Wildman–Crippen LogP) is 2.31. The van der Waals surface area contributed by atoms with Crippen LogP contribution in [0.3, 0.4) is 0 Å². The minimum Gasteiger partial charge on any atom is -0.508 e. The van der Waals surface area contributed by atoms with Crippen LogP contribution in [0.1, 0.15) is 10.4 Å². The van der Waals surface area contributed by atoms with Gasteiger partial charge in [0.05, 0.1) is 11.4 Å². The standard InChI is InChI=1S/C16H12FN3O3S/c17-11-3-5-12(6-4-11)20-14(22)9-24-16(20)19-18-15(23)10-1-7-13(21)8-2-10/h1-8,21H,9H2,(H,18,23)/b19-16+. The zero-order valence-corrected chi connectivity index (χ0v) is 13.1. The first-order valence-electron chi connectivity index (χ1n) is 6.93. The number of nitrogens with zero attached hydrogens (tertiary/aromatic N) is 2. The van der Waals surface area contributed by atoms with Crippen molar-refractivity contribution in [1.29, 1.82) is 0 Å². The number of amides is 2. The normalized spacial score (nSPS) is 15.8. The van der Waals surface area contributed by atoms with Crippen LogP contribution >= 0.6 is 11.8 Å². The fraction of sp³-hybridized carbons (Fsp3) is 0.0625. The molecule has 0 unspecified atom stereocenters. The van der Waals surface area contributed by atoms with Crippen LogP contribution in [-0.2, 0) is 4.79 Å². The first-order chi connectivity index (χ1) is 11.5. The number of anilines is 1. The maximum atomic E-state index is 13.0. The molecule has 1 saturated heterocycles. The van der Waals surface area contributed by atoms with Crippen molar-refractivity contribution in [2.75, 3.05) is 10.7 Å². The smallest absolute Gasteiger partial charge is 0.271 e. The van der Waals surface area contributed by atoms with Gasteiger partial charge in [0.2, 0.25) is 5.91 Å². The van der Waals surface area contributed by atoms with Gasteiger partial charge in [-0.3, -0.25) is 14.5 Å². The van der Waals surface area contributed by atoms with Crippen molar-refractivity contribution in [3.63, 3.8) is 0 Å². The van der Waals surface area contributed by atoms with Crippen LogP contribution in [0.15, 0.2) is 53.6 Å². The molecular formula is C16H12FN3O3S. The highest BCUT2D eigenvalue weighted by molar-refractivity contribution is 8.15. The molecule has 0 bridgehead atoms. The summed E-state index contributed by atoms with van der Waals surface area (Å²) in [5.41, 5.74) is 3.17. The molecule has 1 aliphatic heterocycles. The number of phenolic OH excluding ortho intramolecular Hbond substituents is 1. The summed E-state index contributed by atoms with van der Waals surface area (Å²) in [4.78, 5) is 25.4. The number of nitrogens with one attached hydrogen (secondary N) is 1. The number of phenols is 1. The van der Waals surface area contributed by atoms with E-state index in [1.54, 1.807) is 0 Å². The highest BCUT2D eigenvalue weighted by Gasteiger charge is 2.30. The quantitative estimate of drug-likeness (QED) is 0.837. The van der Waals surface area contributed by atoms with Gasteiger partial charge < -0.3 is 5.11 Å². The van der Waals surface area contributed by atoms with Crippen LogP contribution in [0.5, 0.6) is 5.75 Å². The van der Waals surface area contributed by atoms with E-state index in [1.165, 1.54) is 65.2 Å². The van der Waals surface area contributed by atoms with E-state index < -0.39 is 11.7 Å². The highest BCUT2D eigenvalue weighted by atomic mass is 32.2. The molecule has 1 aliphatic rings. The molecule has 0 atom stereocenters. The third-order valence-corrected chi connectivity index (χ3v) is 4.16. The molecule has 0 aromatic heterocycles. The van der Waals surface area contributed by atoms with Crippen LogP contribution in [0.4, 0.5) is 10.1 Å². The number of rotatable bonds is 3. The van der Waals surface area contributed by atoms with Crippen molar-refractivity contribution in [3.05, 3.63) is 59.9 Å². The number of aromatic hydroxyl groups is 1. The summed E-state index contributed by atoms with van der Waals surface area (Å²) in [5.74, 6) is -0.842. The fourth-order valence-electron chi connectivity index (χ4n) is 2.06. The molecule has 24 heavy (non-hydrogen) atoms. The second kappa shape index (κ2) is 6.71. The van der Waals surface area contributed by atoms with Gasteiger partial charge in [-0.05, 0) is 48.5 Å². The number of carbonyl (C=O) groups is 2. The second-order valence-corrected chi connectivity index (χ2v) is 5.82. The van der Waals surface area contributed by atoms with E-state index >= 15 is 0 Å². The summed E-state index contributed by atoms with van der Waals surface area (Å²) >= 11 is 1.18. The maximum Gasteiger partial charge on any atom is 0.271 e. The van der Waals surface area contributed by atoms with E-state index in [9.17, 15) is 19.1 Å². The van der Waals surface area contributed by atoms with Gasteiger partial charge in [0.25, 0.3) is 5.91 Å². The van der Waals surface area contributed by atoms with Crippen molar-refractivity contribution in [1.82, 2.24) is 5.43 Å². The van der Waals surface area contributed by atoms with Crippen LogP contribution in [0, 0.1) is 5.82 Å². The van der Waals surface area contributed by atoms with Gasteiger partial charge in [-0.15, -0.1) is 5.10 Å². The van der Waals surface area contributed by atoms with Crippen molar-refractivity contribution in [3.8, 4) is 5.75 Å². The third kappa shape index (κ3) is 3.38.